The van der Waals surface area contributed by atoms with Crippen molar-refractivity contribution in [3.8, 4) is 5.75 Å². The van der Waals surface area contributed by atoms with E-state index in [0.29, 0.717) is 12.1 Å². The third-order valence-corrected chi connectivity index (χ3v) is 3.87. The summed E-state index contributed by atoms with van der Waals surface area (Å²) in [5.74, 6) is -0.362. The van der Waals surface area contributed by atoms with Crippen LogP contribution in [0.25, 0.3) is 10.8 Å². The predicted molar refractivity (Wildman–Crippen MR) is 91.4 cm³/mol. The standard InChI is InChI=1S/C18H15ClN2O2/c19-16-10-13(8-9-17(16)22)18(23)21-20-11-14-6-3-5-12-4-1-2-7-15(12)14/h1-10,20,22H,11H2,(H,21,23). The lowest BCUT2D eigenvalue weighted by molar-refractivity contribution is 0.0932. The number of amides is 1. The van der Waals surface area contributed by atoms with Crippen molar-refractivity contribution in [2.24, 2.45) is 0 Å². The summed E-state index contributed by atoms with van der Waals surface area (Å²) in [6.45, 7) is 0.499. The zero-order chi connectivity index (χ0) is 16.2. The van der Waals surface area contributed by atoms with Crippen molar-refractivity contribution >= 4 is 28.3 Å². The number of hydrogen-bond donors (Lipinski definition) is 3. The Hall–Kier alpha value is -2.56. The highest BCUT2D eigenvalue weighted by Crippen LogP contribution is 2.23. The van der Waals surface area contributed by atoms with E-state index in [9.17, 15) is 9.90 Å². The molecule has 0 fully saturated rings. The normalized spacial score (nSPS) is 10.7. The Morgan fingerprint density at radius 3 is 2.65 bits per heavy atom. The van der Waals surface area contributed by atoms with E-state index in [1.807, 2.05) is 30.3 Å². The van der Waals surface area contributed by atoms with Gasteiger partial charge in [0.15, 0.2) is 0 Å². The first-order valence-corrected chi connectivity index (χ1v) is 7.51. The molecule has 4 nitrogen and oxygen atoms in total. The van der Waals surface area contributed by atoms with Gasteiger partial charge in [-0.25, -0.2) is 5.43 Å². The van der Waals surface area contributed by atoms with Gasteiger partial charge >= 0.3 is 0 Å². The maximum Gasteiger partial charge on any atom is 0.265 e. The van der Waals surface area contributed by atoms with Gasteiger partial charge in [-0.05, 0) is 34.5 Å². The lowest BCUT2D eigenvalue weighted by atomic mass is 10.1. The maximum atomic E-state index is 12.0. The minimum atomic E-state index is -0.313. The Kier molecular flexibility index (Phi) is 4.46. The number of nitrogens with one attached hydrogen (secondary N) is 2. The van der Waals surface area contributed by atoms with Crippen LogP contribution in [0, 0.1) is 0 Å². The first-order valence-electron chi connectivity index (χ1n) is 7.13. The lowest BCUT2D eigenvalue weighted by Gasteiger charge is -2.10. The van der Waals surface area contributed by atoms with E-state index in [4.69, 9.17) is 11.6 Å². The fourth-order valence-corrected chi connectivity index (χ4v) is 2.57. The van der Waals surface area contributed by atoms with E-state index in [2.05, 4.69) is 23.0 Å². The molecule has 3 rings (SSSR count). The van der Waals surface area contributed by atoms with Gasteiger partial charge in [-0.15, -0.1) is 0 Å². The number of hydrazine groups is 1. The molecule has 0 spiro atoms. The van der Waals surface area contributed by atoms with Crippen LogP contribution in [0.3, 0.4) is 0 Å². The minimum Gasteiger partial charge on any atom is -0.506 e. The number of benzene rings is 3. The number of phenols is 1. The number of rotatable bonds is 4. The van der Waals surface area contributed by atoms with E-state index in [1.54, 1.807) is 0 Å². The Bertz CT molecular complexity index is 859. The molecule has 116 valence electrons. The van der Waals surface area contributed by atoms with Gasteiger partial charge in [0.1, 0.15) is 5.75 Å². The molecule has 0 aromatic heterocycles. The second-order valence-electron chi connectivity index (χ2n) is 5.11. The van der Waals surface area contributed by atoms with Gasteiger partial charge in [-0.3, -0.25) is 10.2 Å². The molecule has 5 heteroatoms. The van der Waals surface area contributed by atoms with Crippen LogP contribution in [0.15, 0.2) is 60.7 Å². The molecule has 0 radical (unpaired) electrons. The molecule has 1 amide bonds. The molecule has 0 aliphatic carbocycles. The van der Waals surface area contributed by atoms with Crippen LogP contribution < -0.4 is 10.9 Å². The molecular weight excluding hydrogens is 312 g/mol. The van der Waals surface area contributed by atoms with Crippen molar-refractivity contribution in [3.05, 3.63) is 76.8 Å². The molecule has 0 aliphatic heterocycles. The van der Waals surface area contributed by atoms with Gasteiger partial charge in [0.2, 0.25) is 0 Å². The molecule has 0 heterocycles. The number of halogens is 1. The Labute approximate surface area is 138 Å². The summed E-state index contributed by atoms with van der Waals surface area (Å²) >= 11 is 5.80. The predicted octanol–water partition coefficient (Wildman–Crippen LogP) is 3.63. The zero-order valence-corrected chi connectivity index (χ0v) is 13.0. The molecule has 23 heavy (non-hydrogen) atoms. The summed E-state index contributed by atoms with van der Waals surface area (Å²) in [4.78, 5) is 12.0. The summed E-state index contributed by atoms with van der Waals surface area (Å²) in [6.07, 6.45) is 0. The maximum absolute atomic E-state index is 12.0. The molecule has 3 N–H and O–H groups in total. The smallest absolute Gasteiger partial charge is 0.265 e. The zero-order valence-electron chi connectivity index (χ0n) is 12.2. The average Bonchev–Trinajstić information content (AvgIpc) is 2.57. The summed E-state index contributed by atoms with van der Waals surface area (Å²) in [6, 6.07) is 18.5. The van der Waals surface area contributed by atoms with Crippen molar-refractivity contribution in [1.82, 2.24) is 10.9 Å². The van der Waals surface area contributed by atoms with Crippen LogP contribution in [0.4, 0.5) is 0 Å². The van der Waals surface area contributed by atoms with Gasteiger partial charge in [-0.2, -0.15) is 0 Å². The highest BCUT2D eigenvalue weighted by molar-refractivity contribution is 6.32. The summed E-state index contributed by atoms with van der Waals surface area (Å²) in [7, 11) is 0. The van der Waals surface area contributed by atoms with E-state index in [1.165, 1.54) is 18.2 Å². The van der Waals surface area contributed by atoms with Gasteiger partial charge in [0, 0.05) is 12.1 Å². The molecule has 0 saturated carbocycles. The summed E-state index contributed by atoms with van der Waals surface area (Å²) in [5, 5.41) is 11.8. The first-order chi connectivity index (χ1) is 11.1. The largest absolute Gasteiger partial charge is 0.506 e. The monoisotopic (exact) mass is 326 g/mol. The van der Waals surface area contributed by atoms with E-state index >= 15 is 0 Å². The van der Waals surface area contributed by atoms with Crippen LogP contribution in [-0.2, 0) is 6.54 Å². The van der Waals surface area contributed by atoms with Crippen molar-refractivity contribution < 1.29 is 9.90 Å². The second-order valence-corrected chi connectivity index (χ2v) is 5.52. The second kappa shape index (κ2) is 6.69. The van der Waals surface area contributed by atoms with Crippen molar-refractivity contribution in [1.29, 1.82) is 0 Å². The van der Waals surface area contributed by atoms with Gasteiger partial charge < -0.3 is 5.11 Å². The number of hydrogen-bond acceptors (Lipinski definition) is 3. The highest BCUT2D eigenvalue weighted by Gasteiger charge is 2.08. The molecule has 0 bridgehead atoms. The third-order valence-electron chi connectivity index (χ3n) is 3.57. The summed E-state index contributed by atoms with van der Waals surface area (Å²) in [5.41, 5.74) is 7.01. The van der Waals surface area contributed by atoms with Crippen LogP contribution in [0.5, 0.6) is 5.75 Å². The van der Waals surface area contributed by atoms with Crippen molar-refractivity contribution in [2.75, 3.05) is 0 Å². The van der Waals surface area contributed by atoms with Gasteiger partial charge in [-0.1, -0.05) is 54.1 Å². The summed E-state index contributed by atoms with van der Waals surface area (Å²) < 4.78 is 0. The fraction of sp³-hybridized carbons (Fsp3) is 0.0556. The number of carbonyl (C=O) groups excluding carboxylic acids is 1. The number of aromatic hydroxyl groups is 1. The van der Waals surface area contributed by atoms with Crippen LogP contribution in [0.1, 0.15) is 15.9 Å². The number of carbonyl (C=O) groups is 1. The first kappa shape index (κ1) is 15.3. The van der Waals surface area contributed by atoms with Gasteiger partial charge in [0.05, 0.1) is 5.02 Å². The quantitative estimate of drug-likeness (QED) is 0.642. The molecule has 0 atom stereocenters. The van der Waals surface area contributed by atoms with Crippen LogP contribution >= 0.6 is 11.6 Å². The molecule has 3 aromatic rings. The Morgan fingerprint density at radius 1 is 1.04 bits per heavy atom. The molecule has 0 unspecified atom stereocenters. The number of phenolic OH excluding ortho intramolecular Hbond substituents is 1. The van der Waals surface area contributed by atoms with E-state index in [-0.39, 0.29) is 16.7 Å². The lowest BCUT2D eigenvalue weighted by Crippen LogP contribution is -2.36. The number of fused-ring (bicyclic) bond motifs is 1. The van der Waals surface area contributed by atoms with Gasteiger partial charge in [0.25, 0.3) is 5.91 Å². The van der Waals surface area contributed by atoms with Crippen LogP contribution in [-0.4, -0.2) is 11.0 Å². The van der Waals surface area contributed by atoms with Crippen molar-refractivity contribution in [2.45, 2.75) is 6.54 Å². The van der Waals surface area contributed by atoms with Crippen molar-refractivity contribution in [3.63, 3.8) is 0 Å². The minimum absolute atomic E-state index is 0.0491. The third kappa shape index (κ3) is 3.44. The van der Waals surface area contributed by atoms with E-state index < -0.39 is 0 Å². The average molecular weight is 327 g/mol. The van der Waals surface area contributed by atoms with E-state index in [0.717, 1.165) is 16.3 Å². The Balaban J connectivity index is 1.66. The Morgan fingerprint density at radius 2 is 1.83 bits per heavy atom. The highest BCUT2D eigenvalue weighted by atomic mass is 35.5. The molecule has 0 saturated heterocycles. The van der Waals surface area contributed by atoms with Crippen LogP contribution in [0.2, 0.25) is 5.02 Å². The molecular formula is C18H15ClN2O2. The fourth-order valence-electron chi connectivity index (χ4n) is 2.39. The molecule has 3 aromatic carbocycles. The SMILES string of the molecule is O=C(NNCc1cccc2ccccc12)c1ccc(O)c(Cl)c1. The topological polar surface area (TPSA) is 61.4 Å². The molecule has 0 aliphatic rings.